The Morgan fingerprint density at radius 1 is 1.07 bits per heavy atom. The maximum Gasteiger partial charge on any atom is 0.336 e. The number of carbonyl (C=O) groups excluding carboxylic acids is 1. The lowest BCUT2D eigenvalue weighted by atomic mass is 9.89. The van der Waals surface area contributed by atoms with Crippen molar-refractivity contribution >= 4 is 29.2 Å². The summed E-state index contributed by atoms with van der Waals surface area (Å²) < 4.78 is 4.80. The summed E-state index contributed by atoms with van der Waals surface area (Å²) in [7, 11) is 1.28. The number of carbonyl (C=O) groups is 1. The molecule has 6 heteroatoms. The molecule has 0 spiro atoms. The van der Waals surface area contributed by atoms with Gasteiger partial charge < -0.3 is 4.74 Å². The van der Waals surface area contributed by atoms with E-state index in [2.05, 4.69) is 6.58 Å². The first-order valence-corrected chi connectivity index (χ1v) is 9.76. The van der Waals surface area contributed by atoms with Crippen molar-refractivity contribution in [2.45, 2.75) is 38.4 Å². The van der Waals surface area contributed by atoms with Gasteiger partial charge in [-0.1, -0.05) is 80.0 Å². The second kappa shape index (κ2) is 10.1. The minimum Gasteiger partial charge on any atom is -0.466 e. The van der Waals surface area contributed by atoms with E-state index in [0.717, 1.165) is 5.56 Å². The van der Waals surface area contributed by atoms with Crippen LogP contribution in [0.3, 0.4) is 0 Å². The Kier molecular flexibility index (Phi) is 8.08. The van der Waals surface area contributed by atoms with Gasteiger partial charge in [-0.15, -0.1) is 0 Å². The first-order chi connectivity index (χ1) is 13.4. The SMILES string of the molecule is C=C(C(=O)OC)[C@@H](OOC(CC)(CC)c1ccccc1)c1ccc(Cl)c(Cl)c1. The number of rotatable bonds is 9. The predicted molar refractivity (Wildman–Crippen MR) is 111 cm³/mol. The van der Waals surface area contributed by atoms with Crippen LogP contribution in [-0.4, -0.2) is 13.1 Å². The van der Waals surface area contributed by atoms with Crippen LogP contribution in [0.4, 0.5) is 0 Å². The highest BCUT2D eigenvalue weighted by molar-refractivity contribution is 6.42. The minimum atomic E-state index is -0.900. The highest BCUT2D eigenvalue weighted by Gasteiger charge is 2.34. The molecule has 0 fully saturated rings. The summed E-state index contributed by atoms with van der Waals surface area (Å²) in [5.74, 6) is -0.599. The average Bonchev–Trinajstić information content (AvgIpc) is 2.73. The van der Waals surface area contributed by atoms with Crippen molar-refractivity contribution in [3.05, 3.63) is 81.9 Å². The Balaban J connectivity index is 2.37. The molecule has 0 aliphatic carbocycles. The van der Waals surface area contributed by atoms with Gasteiger partial charge in [-0.3, -0.25) is 0 Å². The molecule has 0 bridgehead atoms. The normalized spacial score (nSPS) is 12.5. The summed E-state index contributed by atoms with van der Waals surface area (Å²) in [5.41, 5.74) is 0.983. The zero-order valence-electron chi connectivity index (χ0n) is 16.2. The summed E-state index contributed by atoms with van der Waals surface area (Å²) in [6.07, 6.45) is 0.446. The fourth-order valence-electron chi connectivity index (χ4n) is 2.93. The van der Waals surface area contributed by atoms with Gasteiger partial charge in [-0.05, 0) is 36.1 Å². The van der Waals surface area contributed by atoms with Crippen molar-refractivity contribution in [3.63, 3.8) is 0 Å². The lowest BCUT2D eigenvalue weighted by Crippen LogP contribution is -2.30. The van der Waals surface area contributed by atoms with Crippen LogP contribution in [0.25, 0.3) is 0 Å². The molecule has 2 aromatic carbocycles. The summed E-state index contributed by atoms with van der Waals surface area (Å²) >= 11 is 12.2. The molecular formula is C22H24Cl2O4. The molecule has 2 rings (SSSR count). The van der Waals surface area contributed by atoms with E-state index in [9.17, 15) is 4.79 Å². The predicted octanol–water partition coefficient (Wildman–Crippen LogP) is 6.43. The quantitative estimate of drug-likeness (QED) is 0.202. The van der Waals surface area contributed by atoms with E-state index in [1.807, 2.05) is 44.2 Å². The Hall–Kier alpha value is -1.85. The monoisotopic (exact) mass is 422 g/mol. The zero-order valence-corrected chi connectivity index (χ0v) is 17.7. The molecule has 0 unspecified atom stereocenters. The number of ether oxygens (including phenoxy) is 1. The highest BCUT2D eigenvalue weighted by atomic mass is 35.5. The van der Waals surface area contributed by atoms with Crippen molar-refractivity contribution < 1.29 is 19.3 Å². The van der Waals surface area contributed by atoms with E-state index >= 15 is 0 Å². The summed E-state index contributed by atoms with van der Waals surface area (Å²) in [6, 6.07) is 14.8. The van der Waals surface area contributed by atoms with E-state index in [4.69, 9.17) is 37.7 Å². The third kappa shape index (κ3) is 4.95. The van der Waals surface area contributed by atoms with Gasteiger partial charge in [0.25, 0.3) is 0 Å². The molecule has 4 nitrogen and oxygen atoms in total. The van der Waals surface area contributed by atoms with Crippen LogP contribution in [0.15, 0.2) is 60.7 Å². The Morgan fingerprint density at radius 2 is 1.71 bits per heavy atom. The summed E-state index contributed by atoms with van der Waals surface area (Å²) in [5, 5.41) is 0.736. The topological polar surface area (TPSA) is 44.8 Å². The Bertz CT molecular complexity index is 817. The molecule has 28 heavy (non-hydrogen) atoms. The molecule has 0 saturated heterocycles. The second-order valence-electron chi connectivity index (χ2n) is 6.32. The van der Waals surface area contributed by atoms with Gasteiger partial charge >= 0.3 is 5.97 Å². The molecule has 0 heterocycles. The molecule has 1 atom stereocenters. The summed E-state index contributed by atoms with van der Waals surface area (Å²) in [4.78, 5) is 23.9. The van der Waals surface area contributed by atoms with Gasteiger partial charge in [0.05, 0.1) is 22.7 Å². The number of hydrogen-bond donors (Lipinski definition) is 0. The van der Waals surface area contributed by atoms with Gasteiger partial charge in [0, 0.05) is 0 Å². The highest BCUT2D eigenvalue weighted by Crippen LogP contribution is 2.37. The number of esters is 1. The largest absolute Gasteiger partial charge is 0.466 e. The maximum absolute atomic E-state index is 12.1. The molecule has 0 aromatic heterocycles. The molecule has 0 saturated carbocycles. The standard InChI is InChI=1S/C22H24Cl2O4/c1-5-22(6-2,17-10-8-7-9-11-17)28-27-20(15(3)21(25)26-4)16-12-13-18(23)19(24)14-16/h7-14,20H,3,5-6H2,1-2,4H3/t20-/m1/s1. The second-order valence-corrected chi connectivity index (χ2v) is 7.13. The summed E-state index contributed by atoms with van der Waals surface area (Å²) in [6.45, 7) is 7.86. The first-order valence-electron chi connectivity index (χ1n) is 9.00. The fraction of sp³-hybridized carbons (Fsp3) is 0.318. The van der Waals surface area contributed by atoms with E-state index in [-0.39, 0.29) is 5.57 Å². The van der Waals surface area contributed by atoms with E-state index in [1.54, 1.807) is 18.2 Å². The molecule has 0 N–H and O–H groups in total. The third-order valence-corrected chi connectivity index (χ3v) is 5.50. The molecule has 0 amide bonds. The van der Waals surface area contributed by atoms with Crippen LogP contribution < -0.4 is 0 Å². The number of benzene rings is 2. The fourth-order valence-corrected chi connectivity index (χ4v) is 3.24. The zero-order chi connectivity index (χ0) is 20.7. The van der Waals surface area contributed by atoms with Gasteiger partial charge in [-0.25, -0.2) is 14.6 Å². The third-order valence-electron chi connectivity index (χ3n) is 4.76. The molecule has 0 aliphatic rings. The van der Waals surface area contributed by atoms with Crippen LogP contribution in [0.5, 0.6) is 0 Å². The smallest absolute Gasteiger partial charge is 0.336 e. The maximum atomic E-state index is 12.1. The van der Waals surface area contributed by atoms with Crippen LogP contribution in [0.1, 0.15) is 43.9 Å². The average molecular weight is 423 g/mol. The van der Waals surface area contributed by atoms with Gasteiger partial charge in [0.2, 0.25) is 0 Å². The van der Waals surface area contributed by atoms with E-state index in [1.165, 1.54) is 7.11 Å². The minimum absolute atomic E-state index is 0.0926. The van der Waals surface area contributed by atoms with Crippen molar-refractivity contribution in [1.82, 2.24) is 0 Å². The first kappa shape index (κ1) is 22.4. The van der Waals surface area contributed by atoms with Crippen molar-refractivity contribution in [3.8, 4) is 0 Å². The molecule has 0 aliphatic heterocycles. The van der Waals surface area contributed by atoms with Gasteiger partial charge in [-0.2, -0.15) is 0 Å². The number of halogens is 2. The van der Waals surface area contributed by atoms with E-state index in [0.29, 0.717) is 28.5 Å². The van der Waals surface area contributed by atoms with Crippen LogP contribution in [0.2, 0.25) is 10.0 Å². The molecule has 0 radical (unpaired) electrons. The van der Waals surface area contributed by atoms with Crippen LogP contribution in [0, 0.1) is 0 Å². The molecule has 150 valence electrons. The Morgan fingerprint density at radius 3 is 2.25 bits per heavy atom. The number of methoxy groups -OCH3 is 1. The van der Waals surface area contributed by atoms with Crippen LogP contribution >= 0.6 is 23.2 Å². The number of hydrogen-bond acceptors (Lipinski definition) is 4. The van der Waals surface area contributed by atoms with Crippen molar-refractivity contribution in [2.24, 2.45) is 0 Å². The molecule has 2 aromatic rings. The van der Waals surface area contributed by atoms with Crippen LogP contribution in [-0.2, 0) is 24.9 Å². The van der Waals surface area contributed by atoms with Crippen molar-refractivity contribution in [1.29, 1.82) is 0 Å². The van der Waals surface area contributed by atoms with Crippen molar-refractivity contribution in [2.75, 3.05) is 7.11 Å². The Labute approximate surface area is 175 Å². The van der Waals surface area contributed by atoms with Gasteiger partial charge in [0.15, 0.2) is 0 Å². The molecular weight excluding hydrogens is 399 g/mol. The van der Waals surface area contributed by atoms with Gasteiger partial charge in [0.1, 0.15) is 11.7 Å². The lowest BCUT2D eigenvalue weighted by Gasteiger charge is -2.32. The van der Waals surface area contributed by atoms with E-state index < -0.39 is 17.7 Å². The lowest BCUT2D eigenvalue weighted by molar-refractivity contribution is -0.388.